The highest BCUT2D eigenvalue weighted by molar-refractivity contribution is 5.16. The minimum Gasteiger partial charge on any atom is -0.491 e. The van der Waals surface area contributed by atoms with E-state index in [-0.39, 0.29) is 5.41 Å². The molecule has 0 spiro atoms. The second kappa shape index (κ2) is 6.26. The fourth-order valence-electron chi connectivity index (χ4n) is 3.67. The first-order valence-corrected chi connectivity index (χ1v) is 8.06. The van der Waals surface area contributed by atoms with Crippen molar-refractivity contribution in [2.24, 2.45) is 11.3 Å². The van der Waals surface area contributed by atoms with Crippen molar-refractivity contribution < 1.29 is 9.47 Å². The van der Waals surface area contributed by atoms with Crippen molar-refractivity contribution in [1.29, 1.82) is 0 Å². The zero-order chi connectivity index (χ0) is 15.5. The lowest BCUT2D eigenvalue weighted by Gasteiger charge is -2.27. The number of ether oxygens (including phenoxy) is 2. The summed E-state index contributed by atoms with van der Waals surface area (Å²) < 4.78 is 11.8. The average Bonchev–Trinajstić information content (AvgIpc) is 3.12. The van der Waals surface area contributed by atoms with E-state index in [1.54, 1.807) is 12.4 Å². The van der Waals surface area contributed by atoms with E-state index in [1.165, 1.54) is 5.56 Å². The average molecular weight is 311 g/mol. The predicted octanol–water partition coefficient (Wildman–Crippen LogP) is 2.00. The number of likely N-dealkylation sites (tertiary alicyclic amines) is 1. The molecule has 0 unspecified atom stereocenters. The molecule has 120 valence electrons. The Morgan fingerprint density at radius 2 is 2.13 bits per heavy atom. The van der Waals surface area contributed by atoms with Crippen LogP contribution in [0.3, 0.4) is 0 Å². The van der Waals surface area contributed by atoms with Gasteiger partial charge in [0, 0.05) is 49.6 Å². The van der Waals surface area contributed by atoms with Crippen LogP contribution in [-0.4, -0.2) is 47.8 Å². The summed E-state index contributed by atoms with van der Waals surface area (Å²) in [5.74, 6) is 1.38. The van der Waals surface area contributed by atoms with Crippen LogP contribution in [0.4, 0.5) is 0 Å². The first kappa shape index (κ1) is 14.6. The summed E-state index contributed by atoms with van der Waals surface area (Å²) in [6.07, 6.45) is 7.25. The van der Waals surface area contributed by atoms with E-state index in [4.69, 9.17) is 9.47 Å². The summed E-state index contributed by atoms with van der Waals surface area (Å²) in [6.45, 7) is 5.36. The number of rotatable bonds is 5. The van der Waals surface area contributed by atoms with Gasteiger partial charge in [0.2, 0.25) is 0 Å². The van der Waals surface area contributed by atoms with Crippen LogP contribution in [0.25, 0.3) is 0 Å². The van der Waals surface area contributed by atoms with Crippen molar-refractivity contribution in [3.63, 3.8) is 0 Å². The van der Waals surface area contributed by atoms with Crippen molar-refractivity contribution in [3.05, 3.63) is 54.6 Å². The molecular weight excluding hydrogens is 290 g/mol. The molecule has 0 radical (unpaired) electrons. The summed E-state index contributed by atoms with van der Waals surface area (Å²) in [5.41, 5.74) is 1.41. The zero-order valence-electron chi connectivity index (χ0n) is 13.1. The summed E-state index contributed by atoms with van der Waals surface area (Å²) >= 11 is 0. The van der Waals surface area contributed by atoms with Crippen molar-refractivity contribution in [1.82, 2.24) is 14.9 Å². The van der Waals surface area contributed by atoms with Crippen molar-refractivity contribution in [3.8, 4) is 5.75 Å². The Balaban J connectivity index is 1.42. The van der Waals surface area contributed by atoms with Crippen molar-refractivity contribution >= 4 is 0 Å². The molecular formula is C18H21N3O2. The molecule has 2 saturated heterocycles. The van der Waals surface area contributed by atoms with Crippen LogP contribution in [0, 0.1) is 11.3 Å². The Bertz CT molecular complexity index is 637. The molecule has 2 aliphatic rings. The molecule has 0 N–H and O–H groups in total. The van der Waals surface area contributed by atoms with Gasteiger partial charge in [-0.3, -0.25) is 14.9 Å². The van der Waals surface area contributed by atoms with E-state index in [0.717, 1.165) is 38.6 Å². The van der Waals surface area contributed by atoms with Crippen LogP contribution in [-0.2, 0) is 11.3 Å². The molecule has 4 heterocycles. The molecule has 2 aliphatic heterocycles. The second-order valence-electron chi connectivity index (χ2n) is 6.58. The first-order valence-electron chi connectivity index (χ1n) is 8.06. The third-order valence-corrected chi connectivity index (χ3v) is 4.91. The molecule has 0 saturated carbocycles. The minimum absolute atomic E-state index is 0.100. The summed E-state index contributed by atoms with van der Waals surface area (Å²) in [7, 11) is 0. The number of nitrogens with zero attached hydrogens (tertiary/aromatic N) is 3. The third kappa shape index (κ3) is 3.07. The lowest BCUT2D eigenvalue weighted by atomic mass is 9.82. The van der Waals surface area contributed by atoms with Gasteiger partial charge in [-0.15, -0.1) is 0 Å². The highest BCUT2D eigenvalue weighted by Gasteiger charge is 2.51. The third-order valence-electron chi connectivity index (χ3n) is 4.91. The number of hydrogen-bond acceptors (Lipinski definition) is 5. The largest absolute Gasteiger partial charge is 0.491 e. The Morgan fingerprint density at radius 1 is 1.22 bits per heavy atom. The van der Waals surface area contributed by atoms with E-state index in [9.17, 15) is 0 Å². The quantitative estimate of drug-likeness (QED) is 0.845. The lowest BCUT2D eigenvalue weighted by molar-refractivity contribution is 0.0899. The molecule has 0 amide bonds. The highest BCUT2D eigenvalue weighted by Crippen LogP contribution is 2.42. The van der Waals surface area contributed by atoms with Gasteiger partial charge in [-0.2, -0.15) is 0 Å². The first-order chi connectivity index (χ1) is 11.3. The number of hydrogen-bond donors (Lipinski definition) is 0. The Hall–Kier alpha value is -1.98. The van der Waals surface area contributed by atoms with Gasteiger partial charge in [0.1, 0.15) is 5.75 Å². The fourth-order valence-corrected chi connectivity index (χ4v) is 3.67. The van der Waals surface area contributed by atoms with Gasteiger partial charge in [-0.25, -0.2) is 0 Å². The van der Waals surface area contributed by atoms with E-state index in [1.807, 2.05) is 24.5 Å². The van der Waals surface area contributed by atoms with Gasteiger partial charge in [0.05, 0.1) is 26.0 Å². The summed E-state index contributed by atoms with van der Waals surface area (Å²) in [5, 5.41) is 0. The van der Waals surface area contributed by atoms with E-state index in [2.05, 4.69) is 27.0 Å². The Labute approximate surface area is 136 Å². The summed E-state index contributed by atoms with van der Waals surface area (Å²) in [6, 6.07) is 8.03. The topological polar surface area (TPSA) is 47.5 Å². The van der Waals surface area contributed by atoms with Crippen molar-refractivity contribution in [2.75, 3.05) is 32.9 Å². The maximum Gasteiger partial charge on any atom is 0.137 e. The van der Waals surface area contributed by atoms with Gasteiger partial charge in [-0.1, -0.05) is 0 Å². The van der Waals surface area contributed by atoms with Crippen LogP contribution in [0.5, 0.6) is 5.75 Å². The van der Waals surface area contributed by atoms with Crippen LogP contribution in [0.1, 0.15) is 5.56 Å². The standard InChI is InChI=1S/C18H21N3O2/c1-2-17(8-20-5-1)23-14-18-12-21(10-16(18)11-22-13-18)9-15-3-6-19-7-4-15/h1-8,16H,9-14H2/t16-,18+/m1/s1. The van der Waals surface area contributed by atoms with E-state index in [0.29, 0.717) is 12.5 Å². The monoisotopic (exact) mass is 311 g/mol. The minimum atomic E-state index is 0.100. The molecule has 0 bridgehead atoms. The molecule has 5 nitrogen and oxygen atoms in total. The smallest absolute Gasteiger partial charge is 0.137 e. The van der Waals surface area contributed by atoms with Crippen LogP contribution >= 0.6 is 0 Å². The molecule has 5 heteroatoms. The summed E-state index contributed by atoms with van der Waals surface area (Å²) in [4.78, 5) is 10.7. The number of pyridine rings is 2. The molecule has 23 heavy (non-hydrogen) atoms. The lowest BCUT2D eigenvalue weighted by Crippen LogP contribution is -2.36. The maximum absolute atomic E-state index is 6.01. The van der Waals surface area contributed by atoms with Gasteiger partial charge in [0.25, 0.3) is 0 Å². The normalized spacial score (nSPS) is 27.0. The molecule has 2 atom stereocenters. The molecule has 2 aromatic rings. The van der Waals surface area contributed by atoms with E-state index < -0.39 is 0 Å². The van der Waals surface area contributed by atoms with Crippen LogP contribution in [0.15, 0.2) is 49.1 Å². The molecule has 4 rings (SSSR count). The highest BCUT2D eigenvalue weighted by atomic mass is 16.5. The number of aromatic nitrogens is 2. The zero-order valence-corrected chi connectivity index (χ0v) is 13.1. The van der Waals surface area contributed by atoms with Crippen LogP contribution in [0.2, 0.25) is 0 Å². The van der Waals surface area contributed by atoms with Crippen molar-refractivity contribution in [2.45, 2.75) is 6.54 Å². The Morgan fingerprint density at radius 3 is 2.96 bits per heavy atom. The van der Waals surface area contributed by atoms with E-state index >= 15 is 0 Å². The predicted molar refractivity (Wildman–Crippen MR) is 86.0 cm³/mol. The number of fused-ring (bicyclic) bond motifs is 1. The fraction of sp³-hybridized carbons (Fsp3) is 0.444. The Kier molecular flexibility index (Phi) is 3.97. The van der Waals surface area contributed by atoms with Gasteiger partial charge < -0.3 is 9.47 Å². The molecule has 2 aromatic heterocycles. The molecule has 2 fully saturated rings. The molecule has 0 aromatic carbocycles. The maximum atomic E-state index is 6.01. The van der Waals surface area contributed by atoms with Crippen LogP contribution < -0.4 is 4.74 Å². The van der Waals surface area contributed by atoms with Gasteiger partial charge >= 0.3 is 0 Å². The van der Waals surface area contributed by atoms with Gasteiger partial charge in [-0.05, 0) is 29.8 Å². The second-order valence-corrected chi connectivity index (χ2v) is 6.58. The SMILES string of the molecule is c1cncc(OC[C@]23COC[C@H]2CN(Cc2ccncc2)C3)c1. The molecule has 0 aliphatic carbocycles. The van der Waals surface area contributed by atoms with Gasteiger partial charge in [0.15, 0.2) is 0 Å².